The van der Waals surface area contributed by atoms with E-state index in [4.69, 9.17) is 33.1 Å². The van der Waals surface area contributed by atoms with Gasteiger partial charge in [-0.3, -0.25) is 0 Å². The van der Waals surface area contributed by atoms with Gasteiger partial charge >= 0.3 is 51.4 Å². The van der Waals surface area contributed by atoms with E-state index in [1.165, 1.54) is 51.4 Å². The number of hydrogen-bond donors (Lipinski definition) is 0. The molecule has 0 bridgehead atoms. The second kappa shape index (κ2) is 17.9. The zero-order valence-electron chi connectivity index (χ0n) is 13.6. The van der Waals surface area contributed by atoms with Crippen LogP contribution in [0.5, 0.6) is 0 Å². The molecule has 0 heterocycles. The fourth-order valence-corrected chi connectivity index (χ4v) is 3.48. The molecule has 2 nitrogen and oxygen atoms in total. The topological polar surface area (TPSA) is 18.5 Å². The number of rotatable bonds is 14. The second-order valence-electron chi connectivity index (χ2n) is 4.94. The Bertz CT molecular complexity index is 223. The van der Waals surface area contributed by atoms with Crippen molar-refractivity contribution >= 4 is 29.7 Å². The standard InChI is InChI=1S/C14H31O2PS2.K/c1-3-5-7-9-11-13-15-17(18,19)16-14-12-10-8-6-4-2;/h3-14H2,1-2H3,(H,18,19);/q;+1/p-1. The molecule has 0 rings (SSSR count). The summed E-state index contributed by atoms with van der Waals surface area (Å²) in [6.07, 6.45) is 12.2. The van der Waals surface area contributed by atoms with Crippen LogP contribution in [0.1, 0.15) is 78.1 Å². The molecule has 0 atom stereocenters. The first-order chi connectivity index (χ1) is 9.12. The van der Waals surface area contributed by atoms with E-state index in [1.54, 1.807) is 0 Å². The maximum atomic E-state index is 5.56. The first-order valence-electron chi connectivity index (χ1n) is 7.72. The first kappa shape index (κ1) is 24.8. The van der Waals surface area contributed by atoms with Crippen LogP contribution in [0, 0.1) is 0 Å². The summed E-state index contributed by atoms with van der Waals surface area (Å²) < 4.78 is 11.1. The minimum Gasteiger partial charge on any atom is -0.691 e. The molecule has 0 aliphatic carbocycles. The molecule has 0 spiro atoms. The SMILES string of the molecule is CCCCCCCOP(=S)([S-])OCCCCCCC.[K+]. The monoisotopic (exact) mass is 364 g/mol. The molecule has 0 unspecified atom stereocenters. The van der Waals surface area contributed by atoms with E-state index < -0.39 is 5.69 Å². The van der Waals surface area contributed by atoms with Crippen LogP contribution in [0.2, 0.25) is 0 Å². The van der Waals surface area contributed by atoms with Crippen LogP contribution in [-0.2, 0) is 33.1 Å². The van der Waals surface area contributed by atoms with Crippen molar-refractivity contribution in [2.75, 3.05) is 13.2 Å². The molecule has 0 aromatic carbocycles. The van der Waals surface area contributed by atoms with E-state index >= 15 is 0 Å². The third-order valence-electron chi connectivity index (χ3n) is 2.99. The molecule has 6 heteroatoms. The summed E-state index contributed by atoms with van der Waals surface area (Å²) in [5.41, 5.74) is -2.39. The van der Waals surface area contributed by atoms with Crippen molar-refractivity contribution in [2.45, 2.75) is 78.1 Å². The average Bonchev–Trinajstić information content (AvgIpc) is 2.38. The van der Waals surface area contributed by atoms with Gasteiger partial charge in [-0.15, -0.1) is 0 Å². The van der Waals surface area contributed by atoms with Gasteiger partial charge in [0.1, 0.15) is 0 Å². The normalized spacial score (nSPS) is 11.3. The van der Waals surface area contributed by atoms with Crippen molar-refractivity contribution in [1.82, 2.24) is 0 Å². The molecule has 0 fully saturated rings. The maximum Gasteiger partial charge on any atom is 1.00 e. The number of hydrogen-bond acceptors (Lipinski definition) is 4. The van der Waals surface area contributed by atoms with Crippen LogP contribution >= 0.6 is 5.69 Å². The molecule has 0 saturated heterocycles. The maximum absolute atomic E-state index is 5.56. The number of unbranched alkanes of at least 4 members (excludes halogenated alkanes) is 8. The average molecular weight is 365 g/mol. The molecular weight excluding hydrogens is 334 g/mol. The van der Waals surface area contributed by atoms with E-state index in [1.807, 2.05) is 0 Å². The van der Waals surface area contributed by atoms with Crippen LogP contribution in [0.3, 0.4) is 0 Å². The van der Waals surface area contributed by atoms with Crippen molar-refractivity contribution < 1.29 is 60.4 Å². The molecule has 0 aromatic heterocycles. The van der Waals surface area contributed by atoms with Gasteiger partial charge in [0.05, 0.1) is 18.9 Å². The van der Waals surface area contributed by atoms with Crippen LogP contribution in [0.25, 0.3) is 0 Å². The molecule has 0 amide bonds. The van der Waals surface area contributed by atoms with Crippen molar-refractivity contribution in [3.8, 4) is 0 Å². The van der Waals surface area contributed by atoms with Crippen LogP contribution < -0.4 is 51.4 Å². The van der Waals surface area contributed by atoms with Gasteiger partial charge in [-0.25, -0.2) is 0 Å². The summed E-state index contributed by atoms with van der Waals surface area (Å²) in [6, 6.07) is 0. The molecule has 0 saturated carbocycles. The Morgan fingerprint density at radius 1 is 0.750 bits per heavy atom. The second-order valence-corrected chi connectivity index (χ2v) is 9.93. The summed E-state index contributed by atoms with van der Waals surface area (Å²) in [6.45, 7) is 5.77. The van der Waals surface area contributed by atoms with Gasteiger partial charge in [0.25, 0.3) is 0 Å². The minimum absolute atomic E-state index is 0. The Balaban J connectivity index is 0. The van der Waals surface area contributed by atoms with Crippen molar-refractivity contribution in [3.05, 3.63) is 0 Å². The Labute approximate surface area is 179 Å². The molecule has 0 aliphatic heterocycles. The van der Waals surface area contributed by atoms with Crippen molar-refractivity contribution in [3.63, 3.8) is 0 Å². The van der Waals surface area contributed by atoms with E-state index in [0.717, 1.165) is 12.8 Å². The Morgan fingerprint density at radius 3 is 1.45 bits per heavy atom. The molecule has 0 aromatic rings. The summed E-state index contributed by atoms with van der Waals surface area (Å²) in [7, 11) is 0. The predicted octanol–water partition coefficient (Wildman–Crippen LogP) is 2.74. The van der Waals surface area contributed by atoms with Crippen molar-refractivity contribution in [2.24, 2.45) is 0 Å². The van der Waals surface area contributed by atoms with Gasteiger partial charge in [0, 0.05) is 0 Å². The largest absolute Gasteiger partial charge is 1.00 e. The van der Waals surface area contributed by atoms with E-state index in [-0.39, 0.29) is 51.4 Å². The smallest absolute Gasteiger partial charge is 0.691 e. The molecule has 116 valence electrons. The van der Waals surface area contributed by atoms with E-state index in [2.05, 4.69) is 13.8 Å². The third-order valence-corrected chi connectivity index (χ3v) is 5.26. The van der Waals surface area contributed by atoms with Gasteiger partial charge in [-0.1, -0.05) is 77.0 Å². The Hall–Kier alpha value is 2.56. The summed E-state index contributed by atoms with van der Waals surface area (Å²) in [5.74, 6) is 0. The minimum atomic E-state index is -2.39. The molecule has 0 aliphatic rings. The molecule has 0 radical (unpaired) electrons. The van der Waals surface area contributed by atoms with Gasteiger partial charge < -0.3 is 21.3 Å². The van der Waals surface area contributed by atoms with Crippen LogP contribution in [-0.4, -0.2) is 13.2 Å². The predicted molar refractivity (Wildman–Crippen MR) is 91.1 cm³/mol. The van der Waals surface area contributed by atoms with Gasteiger partial charge in [-0.2, -0.15) is 0 Å². The molecule has 0 N–H and O–H groups in total. The summed E-state index contributed by atoms with van der Waals surface area (Å²) >= 11 is 10.5. The molecular formula is C14H30KO2PS2. The van der Waals surface area contributed by atoms with E-state index in [0.29, 0.717) is 13.2 Å². The zero-order valence-corrected chi connectivity index (χ0v) is 19.2. The quantitative estimate of drug-likeness (QED) is 0.204. The van der Waals surface area contributed by atoms with Crippen molar-refractivity contribution in [1.29, 1.82) is 0 Å². The van der Waals surface area contributed by atoms with Crippen LogP contribution in [0.4, 0.5) is 0 Å². The third kappa shape index (κ3) is 18.6. The van der Waals surface area contributed by atoms with Gasteiger partial charge in [0.2, 0.25) is 0 Å². The fourth-order valence-electron chi connectivity index (χ4n) is 1.80. The first-order valence-corrected chi connectivity index (χ1v) is 11.4. The summed E-state index contributed by atoms with van der Waals surface area (Å²) in [4.78, 5) is 0. The zero-order chi connectivity index (χ0) is 14.4. The van der Waals surface area contributed by atoms with Gasteiger partial charge in [0.15, 0.2) is 0 Å². The molecule has 20 heavy (non-hydrogen) atoms. The van der Waals surface area contributed by atoms with Gasteiger partial charge in [-0.05, 0) is 12.8 Å². The van der Waals surface area contributed by atoms with Crippen LogP contribution in [0.15, 0.2) is 0 Å². The Morgan fingerprint density at radius 2 is 1.10 bits per heavy atom. The van der Waals surface area contributed by atoms with E-state index in [9.17, 15) is 0 Å². The Kier molecular flexibility index (Phi) is 22.2. The fraction of sp³-hybridized carbons (Fsp3) is 1.00. The summed E-state index contributed by atoms with van der Waals surface area (Å²) in [5, 5.41) is 0.